The minimum Gasteiger partial charge on any atom is -0.512 e. The van der Waals surface area contributed by atoms with Crippen LogP contribution in [0, 0.1) is 22.8 Å². The average Bonchev–Trinajstić information content (AvgIpc) is 3.06. The minimum atomic E-state index is -0.337. The van der Waals surface area contributed by atoms with Crippen LogP contribution in [0.3, 0.4) is 0 Å². The zero-order chi connectivity index (χ0) is 35.0. The molecular weight excluding hydrogens is 769 g/mol. The normalized spacial score (nSPS) is 12.4. The number of aliphatic hydroxyl groups excluding tert-OH is 1. The van der Waals surface area contributed by atoms with Crippen LogP contribution in [0.4, 0.5) is 0 Å². The molecule has 0 unspecified atom stereocenters. The van der Waals surface area contributed by atoms with E-state index < -0.39 is 0 Å². The molecule has 1 N–H and O–H groups in total. The van der Waals surface area contributed by atoms with E-state index in [1.165, 1.54) is 33.7 Å². The topological polar surface area (TPSA) is 63.1 Å². The Morgan fingerprint density at radius 2 is 1.44 bits per heavy atom. The summed E-state index contributed by atoms with van der Waals surface area (Å²) in [5, 5.41) is 12.4. The fraction of sp³-hybridized carbons (Fsp3) is 0.465. The first-order valence-electron chi connectivity index (χ1n) is 17.4. The van der Waals surface area contributed by atoms with Gasteiger partial charge in [0.15, 0.2) is 5.78 Å². The first kappa shape index (κ1) is 41.0. The molecule has 0 aliphatic carbocycles. The third-order valence-electron chi connectivity index (χ3n) is 10.0. The summed E-state index contributed by atoms with van der Waals surface area (Å²) >= 11 is 0. The molecule has 0 aliphatic heterocycles. The van der Waals surface area contributed by atoms with Gasteiger partial charge in [0.2, 0.25) is 0 Å². The Kier molecular flexibility index (Phi) is 15.0. The van der Waals surface area contributed by atoms with Crippen LogP contribution in [-0.2, 0) is 36.7 Å². The summed E-state index contributed by atoms with van der Waals surface area (Å²) in [4.78, 5) is 21.2. The van der Waals surface area contributed by atoms with Crippen LogP contribution >= 0.6 is 0 Å². The van der Waals surface area contributed by atoms with Gasteiger partial charge in [-0.1, -0.05) is 129 Å². The van der Waals surface area contributed by atoms with Crippen molar-refractivity contribution >= 4 is 16.6 Å². The standard InChI is InChI=1S/C28H29N2.C15H28O2.Ir/c1-19(2)14-20-6-8-21(9-7-20)22-10-13-30-27(17-22)23-15-24-18-29-12-11-25(24)26(16-23)28(3,4)5;1-7-14(5,8-2)12(16)11-13(17)15(6,9-3)10-4;/h6-13,16-19H,14H2,1-5H3;11,16H,7-10H2,1-6H3;/q-1;;/b;12-11-;. The maximum Gasteiger partial charge on any atom is 0.164 e. The number of carbonyl (C=O) groups excluding carboxylic acids is 1. The molecule has 0 saturated heterocycles. The van der Waals surface area contributed by atoms with Gasteiger partial charge in [-0.15, -0.1) is 17.7 Å². The van der Waals surface area contributed by atoms with Crippen LogP contribution < -0.4 is 0 Å². The number of ketones is 1. The quantitative estimate of drug-likeness (QED) is 0.0929. The summed E-state index contributed by atoms with van der Waals surface area (Å²) in [6, 6.07) is 21.0. The van der Waals surface area contributed by atoms with Crippen molar-refractivity contribution in [2.75, 3.05) is 0 Å². The van der Waals surface area contributed by atoms with Gasteiger partial charge in [-0.05, 0) is 72.4 Å². The first-order chi connectivity index (χ1) is 22.1. The molecule has 0 saturated carbocycles. The second-order valence-corrected chi connectivity index (χ2v) is 14.9. The summed E-state index contributed by atoms with van der Waals surface area (Å²) in [7, 11) is 0. The van der Waals surface area contributed by atoms with E-state index in [1.807, 2.05) is 60.1 Å². The maximum atomic E-state index is 12.2. The Hall–Kier alpha value is -3.14. The van der Waals surface area contributed by atoms with Gasteiger partial charge in [0.1, 0.15) is 5.76 Å². The fourth-order valence-corrected chi connectivity index (χ4v) is 5.64. The van der Waals surface area contributed by atoms with E-state index in [4.69, 9.17) is 0 Å². The molecule has 0 fully saturated rings. The predicted molar refractivity (Wildman–Crippen MR) is 200 cm³/mol. The molecule has 261 valence electrons. The van der Waals surface area contributed by atoms with Crippen molar-refractivity contribution in [3.8, 4) is 22.4 Å². The molecule has 2 aromatic carbocycles. The predicted octanol–water partition coefficient (Wildman–Crippen LogP) is 11.9. The van der Waals surface area contributed by atoms with Crippen molar-refractivity contribution < 1.29 is 30.0 Å². The number of rotatable bonds is 11. The van der Waals surface area contributed by atoms with Gasteiger partial charge in [0.05, 0.1) is 0 Å². The van der Waals surface area contributed by atoms with Crippen molar-refractivity contribution in [2.24, 2.45) is 16.7 Å². The zero-order valence-corrected chi connectivity index (χ0v) is 33.5. The number of fused-ring (bicyclic) bond motifs is 1. The number of carbonyl (C=O) groups is 1. The van der Waals surface area contributed by atoms with E-state index >= 15 is 0 Å². The second-order valence-electron chi connectivity index (χ2n) is 14.9. The summed E-state index contributed by atoms with van der Waals surface area (Å²) in [5.74, 6) is 0.951. The number of hydrogen-bond acceptors (Lipinski definition) is 4. The minimum absolute atomic E-state index is 0. The van der Waals surface area contributed by atoms with Gasteiger partial charge in [0, 0.05) is 55.1 Å². The van der Waals surface area contributed by atoms with Crippen LogP contribution in [0.25, 0.3) is 33.2 Å². The Balaban J connectivity index is 0.000000384. The van der Waals surface area contributed by atoms with Gasteiger partial charge in [-0.3, -0.25) is 9.78 Å². The molecule has 4 rings (SSSR count). The number of benzene rings is 2. The van der Waals surface area contributed by atoms with Crippen molar-refractivity contribution in [1.29, 1.82) is 0 Å². The van der Waals surface area contributed by atoms with Gasteiger partial charge in [0.25, 0.3) is 0 Å². The molecule has 0 amide bonds. The van der Waals surface area contributed by atoms with Crippen molar-refractivity contribution in [3.05, 3.63) is 96.1 Å². The van der Waals surface area contributed by atoms with Crippen LogP contribution in [0.1, 0.15) is 113 Å². The van der Waals surface area contributed by atoms with Gasteiger partial charge >= 0.3 is 0 Å². The molecular formula is C43H57IrN2O2-. The molecule has 0 atom stereocenters. The number of aromatic nitrogens is 2. The van der Waals surface area contributed by atoms with E-state index in [0.717, 1.165) is 48.7 Å². The Morgan fingerprint density at radius 3 is 1.98 bits per heavy atom. The van der Waals surface area contributed by atoms with E-state index in [-0.39, 0.29) is 47.9 Å². The number of aliphatic hydroxyl groups is 1. The molecule has 48 heavy (non-hydrogen) atoms. The van der Waals surface area contributed by atoms with Crippen LogP contribution in [0.2, 0.25) is 0 Å². The molecule has 2 aromatic heterocycles. The first-order valence-corrected chi connectivity index (χ1v) is 17.4. The zero-order valence-electron chi connectivity index (χ0n) is 31.1. The Bertz CT molecular complexity index is 1660. The summed E-state index contributed by atoms with van der Waals surface area (Å²) < 4.78 is 0. The SMILES string of the molecule is CC(C)Cc1ccc(-c2ccnc(-c3[c-]c4cnccc4c(C(C)(C)C)c3)c2)cc1.CCC(C)(CC)C(=O)/C=C(\O)C(C)(CC)CC.[Ir]. The van der Waals surface area contributed by atoms with Gasteiger partial charge in [-0.25, -0.2) is 0 Å². The molecule has 0 spiro atoms. The summed E-state index contributed by atoms with van der Waals surface area (Å²) in [6.07, 6.45) is 11.5. The number of nitrogens with zero attached hydrogens (tertiary/aromatic N) is 2. The third kappa shape index (κ3) is 10.2. The van der Waals surface area contributed by atoms with E-state index in [1.54, 1.807) is 0 Å². The fourth-order valence-electron chi connectivity index (χ4n) is 5.64. The van der Waals surface area contributed by atoms with Crippen LogP contribution in [0.5, 0.6) is 0 Å². The third-order valence-corrected chi connectivity index (χ3v) is 10.0. The molecule has 4 nitrogen and oxygen atoms in total. The molecule has 5 heteroatoms. The number of allylic oxidation sites excluding steroid dienone is 2. The van der Waals surface area contributed by atoms with Gasteiger partial charge in [-0.2, -0.15) is 0 Å². The molecule has 0 aliphatic rings. The van der Waals surface area contributed by atoms with E-state index in [0.29, 0.717) is 5.92 Å². The number of pyridine rings is 2. The monoisotopic (exact) mass is 826 g/mol. The molecule has 1 radical (unpaired) electrons. The van der Waals surface area contributed by atoms with E-state index in [2.05, 4.69) is 99.2 Å². The van der Waals surface area contributed by atoms with Crippen molar-refractivity contribution in [1.82, 2.24) is 9.97 Å². The van der Waals surface area contributed by atoms with Crippen molar-refractivity contribution in [3.63, 3.8) is 0 Å². The summed E-state index contributed by atoms with van der Waals surface area (Å²) in [5.41, 5.74) is 6.43. The van der Waals surface area contributed by atoms with Crippen LogP contribution in [-0.4, -0.2) is 20.9 Å². The van der Waals surface area contributed by atoms with Crippen LogP contribution in [0.15, 0.2) is 79.0 Å². The Labute approximate surface area is 304 Å². The largest absolute Gasteiger partial charge is 0.512 e. The smallest absolute Gasteiger partial charge is 0.164 e. The summed E-state index contributed by atoms with van der Waals surface area (Å²) in [6.45, 7) is 23.3. The van der Waals surface area contributed by atoms with Crippen molar-refractivity contribution in [2.45, 2.75) is 114 Å². The number of hydrogen-bond donors (Lipinski definition) is 1. The molecule has 4 aromatic rings. The maximum absolute atomic E-state index is 12.2. The molecule has 2 heterocycles. The van der Waals surface area contributed by atoms with Gasteiger partial charge < -0.3 is 10.1 Å². The Morgan fingerprint density at radius 1 is 0.833 bits per heavy atom. The average molecular weight is 826 g/mol. The molecule has 0 bridgehead atoms. The second kappa shape index (κ2) is 17.5. The van der Waals surface area contributed by atoms with E-state index in [9.17, 15) is 9.90 Å².